The normalized spacial score (nSPS) is 14.3. The van der Waals surface area contributed by atoms with Crippen molar-refractivity contribution >= 4 is 57.3 Å². The van der Waals surface area contributed by atoms with E-state index < -0.39 is 30.0 Å². The maximum Gasteiger partial charge on any atom is 0.458 e. The molecule has 258 valence electrons. The van der Waals surface area contributed by atoms with Crippen LogP contribution in [-0.4, -0.2) is 83.0 Å². The van der Waals surface area contributed by atoms with Gasteiger partial charge in [-0.15, -0.1) is 11.8 Å². The Morgan fingerprint density at radius 1 is 1.06 bits per heavy atom. The van der Waals surface area contributed by atoms with E-state index in [9.17, 15) is 45.8 Å². The topological polar surface area (TPSA) is 143 Å². The number of pyridine rings is 1. The minimum atomic E-state index is -5.77. The van der Waals surface area contributed by atoms with Gasteiger partial charge in [-0.2, -0.15) is 26.3 Å². The first kappa shape index (κ1) is 36.8. The van der Waals surface area contributed by atoms with E-state index in [1.165, 1.54) is 0 Å². The fourth-order valence-corrected chi connectivity index (χ4v) is 5.71. The molecule has 1 saturated heterocycles. The van der Waals surface area contributed by atoms with E-state index in [2.05, 4.69) is 37.6 Å². The molecule has 0 amide bonds. The van der Waals surface area contributed by atoms with Crippen molar-refractivity contribution in [2.24, 2.45) is 0 Å². The van der Waals surface area contributed by atoms with E-state index in [4.69, 9.17) is 16.6 Å². The number of rotatable bonds is 8. The van der Waals surface area contributed by atoms with Crippen molar-refractivity contribution in [1.29, 1.82) is 0 Å². The Morgan fingerprint density at radius 3 is 2.29 bits per heavy atom. The lowest BCUT2D eigenvalue weighted by Gasteiger charge is -2.29. The molecule has 1 atom stereocenters. The molecule has 0 radical (unpaired) electrons. The van der Waals surface area contributed by atoms with Crippen LogP contribution < -0.4 is 21.1 Å². The number of fused-ring (bicyclic) bond motifs is 1. The SMILES string of the molecule is CSc1ccc(C(O)CNc2cc[nH]c(=O)c2-c2nc3c(C)cc(N4CCNCC4)cc3[nH]2)cc1Cl.O=C(C(=O)C(F)(F)F)C(F)(F)F. The molecule has 48 heavy (non-hydrogen) atoms. The number of aromatic amines is 2. The van der Waals surface area contributed by atoms with Crippen LogP contribution in [0, 0.1) is 6.92 Å². The Hall–Kier alpha value is -4.06. The molecule has 4 aromatic rings. The number of nitrogens with zero attached hydrogens (tertiary/aromatic N) is 2. The van der Waals surface area contributed by atoms with Crippen molar-refractivity contribution in [2.45, 2.75) is 30.3 Å². The highest BCUT2D eigenvalue weighted by atomic mass is 35.5. The number of aliphatic hydroxyl groups excluding tert-OH is 1. The number of alkyl halides is 6. The standard InChI is InChI=1S/C26H29ClN6O2S.C4F6O2/c1-15-11-17(33-9-7-28-8-10-33)13-20-24(15)32-25(31-20)23-19(5-6-29-26(23)35)30-14-21(34)16-3-4-22(36-2)18(27)12-16;5-3(6,7)1(11)2(12)4(8,9)10/h3-6,11-13,21,28,34H,7-10,14H2,1-2H3,(H,31,32)(H2,29,30,35);. The van der Waals surface area contributed by atoms with Crippen LogP contribution in [-0.2, 0) is 9.59 Å². The van der Waals surface area contributed by atoms with Crippen LogP contribution in [0.15, 0.2) is 52.3 Å². The van der Waals surface area contributed by atoms with Gasteiger partial charge in [-0.3, -0.25) is 14.4 Å². The molecule has 10 nitrogen and oxygen atoms in total. The first-order valence-corrected chi connectivity index (χ1v) is 15.8. The van der Waals surface area contributed by atoms with Gasteiger partial charge in [-0.25, -0.2) is 4.98 Å². The number of aromatic nitrogens is 3. The van der Waals surface area contributed by atoms with Gasteiger partial charge >= 0.3 is 23.9 Å². The molecular weight excluding hydrogens is 690 g/mol. The van der Waals surface area contributed by atoms with Crippen molar-refractivity contribution in [3.05, 3.63) is 69.1 Å². The zero-order chi connectivity index (χ0) is 35.4. The minimum Gasteiger partial charge on any atom is -0.387 e. The smallest absolute Gasteiger partial charge is 0.387 e. The molecule has 5 rings (SSSR count). The molecule has 0 spiro atoms. The van der Waals surface area contributed by atoms with E-state index in [0.29, 0.717) is 27.7 Å². The molecule has 1 unspecified atom stereocenters. The zero-order valence-electron chi connectivity index (χ0n) is 25.3. The van der Waals surface area contributed by atoms with Crippen molar-refractivity contribution < 1.29 is 41.0 Å². The highest BCUT2D eigenvalue weighted by Crippen LogP contribution is 2.31. The number of hydrogen-bond donors (Lipinski definition) is 5. The molecule has 2 aromatic heterocycles. The summed E-state index contributed by atoms with van der Waals surface area (Å²) >= 11 is 7.87. The number of anilines is 2. The number of carbonyl (C=O) groups excluding carboxylic acids is 2. The third-order valence-electron chi connectivity index (χ3n) is 7.21. The van der Waals surface area contributed by atoms with Gasteiger partial charge in [-0.05, 0) is 54.6 Å². The third-order valence-corrected chi connectivity index (χ3v) is 8.43. The number of Topliss-reactive ketones (excluding diaryl/α,β-unsaturated/α-hetero) is 2. The fraction of sp³-hybridized carbons (Fsp3) is 0.333. The second kappa shape index (κ2) is 15.0. The lowest BCUT2D eigenvalue weighted by atomic mass is 10.1. The van der Waals surface area contributed by atoms with Gasteiger partial charge < -0.3 is 30.6 Å². The van der Waals surface area contributed by atoms with Crippen LogP contribution in [0.5, 0.6) is 0 Å². The third kappa shape index (κ3) is 8.69. The fourth-order valence-electron chi connectivity index (χ4n) is 4.83. The number of imidazole rings is 1. The average molecular weight is 719 g/mol. The van der Waals surface area contributed by atoms with E-state index in [1.54, 1.807) is 30.1 Å². The van der Waals surface area contributed by atoms with Gasteiger partial charge in [0, 0.05) is 49.5 Å². The van der Waals surface area contributed by atoms with E-state index in [-0.39, 0.29) is 12.1 Å². The van der Waals surface area contributed by atoms with Crippen LogP contribution >= 0.6 is 23.4 Å². The van der Waals surface area contributed by atoms with Gasteiger partial charge in [0.1, 0.15) is 11.4 Å². The van der Waals surface area contributed by atoms with Gasteiger partial charge in [-0.1, -0.05) is 17.7 Å². The molecule has 18 heteroatoms. The Morgan fingerprint density at radius 2 is 1.71 bits per heavy atom. The molecule has 1 fully saturated rings. The maximum atomic E-state index is 12.9. The van der Waals surface area contributed by atoms with Crippen molar-refractivity contribution in [2.75, 3.05) is 49.2 Å². The molecule has 5 N–H and O–H groups in total. The van der Waals surface area contributed by atoms with Crippen molar-refractivity contribution in [3.8, 4) is 11.4 Å². The predicted molar refractivity (Wildman–Crippen MR) is 171 cm³/mol. The van der Waals surface area contributed by atoms with Crippen LogP contribution in [0.1, 0.15) is 17.2 Å². The summed E-state index contributed by atoms with van der Waals surface area (Å²) in [7, 11) is 0. The number of thioether (sulfide) groups is 1. The molecule has 1 aliphatic heterocycles. The van der Waals surface area contributed by atoms with E-state index in [0.717, 1.165) is 53.4 Å². The van der Waals surface area contributed by atoms with E-state index in [1.807, 2.05) is 25.3 Å². The number of halogens is 7. The van der Waals surface area contributed by atoms with Crippen LogP contribution in [0.3, 0.4) is 0 Å². The average Bonchev–Trinajstić information content (AvgIpc) is 3.47. The Kier molecular flexibility index (Phi) is 11.5. The monoisotopic (exact) mass is 718 g/mol. The maximum absolute atomic E-state index is 12.9. The second-order valence-corrected chi connectivity index (χ2v) is 11.8. The summed E-state index contributed by atoms with van der Waals surface area (Å²) in [5.41, 5.74) is 5.34. The summed E-state index contributed by atoms with van der Waals surface area (Å²) in [6, 6.07) is 11.6. The van der Waals surface area contributed by atoms with Gasteiger partial charge in [0.15, 0.2) is 0 Å². The lowest BCUT2D eigenvalue weighted by Crippen LogP contribution is -2.43. The summed E-state index contributed by atoms with van der Waals surface area (Å²) in [4.78, 5) is 46.3. The number of hydrogen-bond acceptors (Lipinski definition) is 9. The number of H-pyrrole nitrogens is 2. The molecule has 0 saturated carbocycles. The largest absolute Gasteiger partial charge is 0.458 e. The Bertz CT molecular complexity index is 1830. The number of benzene rings is 2. The Balaban J connectivity index is 0.000000371. The summed E-state index contributed by atoms with van der Waals surface area (Å²) < 4.78 is 67.0. The second-order valence-electron chi connectivity index (χ2n) is 10.5. The van der Waals surface area contributed by atoms with Crippen LogP contribution in [0.4, 0.5) is 37.7 Å². The number of ketones is 2. The van der Waals surface area contributed by atoms with Gasteiger partial charge in [0.05, 0.1) is 27.8 Å². The van der Waals surface area contributed by atoms with E-state index >= 15 is 0 Å². The number of carbonyl (C=O) groups is 2. The zero-order valence-corrected chi connectivity index (χ0v) is 26.8. The number of aliphatic hydroxyl groups is 1. The van der Waals surface area contributed by atoms with Gasteiger partial charge in [0.2, 0.25) is 0 Å². The highest BCUT2D eigenvalue weighted by molar-refractivity contribution is 7.98. The first-order chi connectivity index (χ1) is 22.5. The number of piperazine rings is 1. The van der Waals surface area contributed by atoms with Crippen molar-refractivity contribution in [3.63, 3.8) is 0 Å². The quantitative estimate of drug-likeness (QED) is 0.0919. The molecule has 3 heterocycles. The van der Waals surface area contributed by atoms with Crippen LogP contribution in [0.2, 0.25) is 5.02 Å². The number of aryl methyl sites for hydroxylation is 1. The lowest BCUT2D eigenvalue weighted by molar-refractivity contribution is -0.193. The molecule has 2 aromatic carbocycles. The van der Waals surface area contributed by atoms with Gasteiger partial charge in [0.25, 0.3) is 5.56 Å². The van der Waals surface area contributed by atoms with Crippen LogP contribution in [0.25, 0.3) is 22.4 Å². The predicted octanol–water partition coefficient (Wildman–Crippen LogP) is 5.41. The minimum absolute atomic E-state index is 0.206. The summed E-state index contributed by atoms with van der Waals surface area (Å²) in [5.74, 6) is -6.33. The summed E-state index contributed by atoms with van der Waals surface area (Å²) in [6.07, 6.45) is -8.80. The molecule has 0 aliphatic carbocycles. The molecule has 1 aliphatic rings. The summed E-state index contributed by atoms with van der Waals surface area (Å²) in [5, 5.41) is 18.0. The number of nitrogens with one attached hydrogen (secondary N) is 4. The van der Waals surface area contributed by atoms with Crippen molar-refractivity contribution in [1.82, 2.24) is 20.3 Å². The highest BCUT2D eigenvalue weighted by Gasteiger charge is 2.54. The molecular formula is C30H29ClF6N6O4S. The first-order valence-electron chi connectivity index (χ1n) is 14.2. The summed E-state index contributed by atoms with van der Waals surface area (Å²) in [6.45, 7) is 6.06. The Labute approximate surface area is 278 Å². The molecule has 0 bridgehead atoms.